The van der Waals surface area contributed by atoms with E-state index in [1.165, 1.54) is 12.1 Å². The lowest BCUT2D eigenvalue weighted by Crippen LogP contribution is -2.49. The molecule has 2 aliphatic heterocycles. The van der Waals surface area contributed by atoms with Gasteiger partial charge in [0.1, 0.15) is 12.4 Å². The van der Waals surface area contributed by atoms with Crippen LogP contribution in [-0.4, -0.2) is 59.1 Å². The molecular formula is C23H22FN3O4. The Labute approximate surface area is 178 Å². The summed E-state index contributed by atoms with van der Waals surface area (Å²) in [6.07, 6.45) is 1.34. The van der Waals surface area contributed by atoms with Gasteiger partial charge in [0, 0.05) is 19.1 Å². The van der Waals surface area contributed by atoms with E-state index in [4.69, 9.17) is 0 Å². The molecule has 2 aliphatic rings. The Bertz CT molecular complexity index is 994. The molecule has 31 heavy (non-hydrogen) atoms. The first-order chi connectivity index (χ1) is 14.9. The van der Waals surface area contributed by atoms with E-state index in [9.17, 15) is 23.6 Å². The number of carbonyl (C=O) groups excluding carboxylic acids is 4. The summed E-state index contributed by atoms with van der Waals surface area (Å²) >= 11 is 0. The Balaban J connectivity index is 1.26. The number of hydrogen-bond acceptors (Lipinski definition) is 4. The predicted octanol–water partition coefficient (Wildman–Crippen LogP) is 1.77. The van der Waals surface area contributed by atoms with Gasteiger partial charge in [-0.1, -0.05) is 24.3 Å². The summed E-state index contributed by atoms with van der Waals surface area (Å²) in [5, 5.41) is 2.95. The van der Waals surface area contributed by atoms with Gasteiger partial charge in [0.05, 0.1) is 17.5 Å². The topological polar surface area (TPSA) is 86.8 Å². The largest absolute Gasteiger partial charge is 0.353 e. The zero-order valence-electron chi connectivity index (χ0n) is 16.8. The summed E-state index contributed by atoms with van der Waals surface area (Å²) in [7, 11) is 0. The van der Waals surface area contributed by atoms with E-state index < -0.39 is 11.8 Å². The number of hydrogen-bond donors (Lipinski definition) is 1. The third-order valence-corrected chi connectivity index (χ3v) is 5.66. The van der Waals surface area contributed by atoms with Gasteiger partial charge in [-0.15, -0.1) is 0 Å². The maximum atomic E-state index is 13.0. The van der Waals surface area contributed by atoms with Crippen molar-refractivity contribution >= 4 is 23.6 Å². The molecule has 0 unspecified atom stereocenters. The molecule has 2 heterocycles. The van der Waals surface area contributed by atoms with Gasteiger partial charge >= 0.3 is 0 Å². The molecule has 1 saturated heterocycles. The van der Waals surface area contributed by atoms with Crippen LogP contribution in [0.3, 0.4) is 0 Å². The quantitative estimate of drug-likeness (QED) is 0.743. The highest BCUT2D eigenvalue weighted by Crippen LogP contribution is 2.22. The van der Waals surface area contributed by atoms with Crippen LogP contribution in [-0.2, 0) is 16.0 Å². The summed E-state index contributed by atoms with van der Waals surface area (Å²) in [5.41, 5.74) is 1.37. The average Bonchev–Trinajstić information content (AvgIpc) is 3.01. The monoisotopic (exact) mass is 423 g/mol. The first-order valence-corrected chi connectivity index (χ1v) is 10.2. The molecule has 8 heteroatoms. The SMILES string of the molecule is O=C(Cc1ccc(F)cc1)NC1CCN(C(=O)CN2C(=O)c3ccccc3C2=O)CC1. The molecule has 0 aromatic heterocycles. The van der Waals surface area contributed by atoms with Crippen molar-refractivity contribution in [1.29, 1.82) is 0 Å². The first kappa shape index (κ1) is 20.7. The Morgan fingerprint density at radius 3 is 2.10 bits per heavy atom. The van der Waals surface area contributed by atoms with Gasteiger partial charge in [0.25, 0.3) is 11.8 Å². The Hall–Kier alpha value is -3.55. The van der Waals surface area contributed by atoms with Gasteiger partial charge in [0.15, 0.2) is 0 Å². The van der Waals surface area contributed by atoms with E-state index in [1.807, 2.05) is 0 Å². The zero-order chi connectivity index (χ0) is 22.0. The van der Waals surface area contributed by atoms with E-state index in [0.29, 0.717) is 37.1 Å². The van der Waals surface area contributed by atoms with Crippen LogP contribution in [0.2, 0.25) is 0 Å². The van der Waals surface area contributed by atoms with Gasteiger partial charge in [-0.25, -0.2) is 4.39 Å². The van der Waals surface area contributed by atoms with Crippen molar-refractivity contribution in [2.24, 2.45) is 0 Å². The van der Waals surface area contributed by atoms with Crippen molar-refractivity contribution in [1.82, 2.24) is 15.1 Å². The molecule has 4 amide bonds. The van der Waals surface area contributed by atoms with Crippen LogP contribution in [0, 0.1) is 5.82 Å². The fourth-order valence-corrected chi connectivity index (χ4v) is 3.96. The molecule has 0 spiro atoms. The molecular weight excluding hydrogens is 401 g/mol. The number of piperidine rings is 1. The van der Waals surface area contributed by atoms with Crippen LogP contribution in [0.5, 0.6) is 0 Å². The minimum absolute atomic E-state index is 0.0590. The fourth-order valence-electron chi connectivity index (χ4n) is 3.96. The number of carbonyl (C=O) groups is 4. The van der Waals surface area contributed by atoms with Gasteiger partial charge in [-0.3, -0.25) is 24.1 Å². The number of halogens is 1. The molecule has 2 aromatic rings. The second-order valence-corrected chi connectivity index (χ2v) is 7.77. The number of nitrogens with one attached hydrogen (secondary N) is 1. The fraction of sp³-hybridized carbons (Fsp3) is 0.304. The van der Waals surface area contributed by atoms with Gasteiger partial charge < -0.3 is 10.2 Å². The molecule has 7 nitrogen and oxygen atoms in total. The molecule has 4 rings (SSSR count). The van der Waals surface area contributed by atoms with E-state index in [2.05, 4.69) is 5.32 Å². The molecule has 0 radical (unpaired) electrons. The van der Waals surface area contributed by atoms with E-state index in [-0.39, 0.29) is 36.6 Å². The van der Waals surface area contributed by atoms with Crippen molar-refractivity contribution in [2.45, 2.75) is 25.3 Å². The standard InChI is InChI=1S/C23H22FN3O4/c24-16-7-5-15(6-8-16)13-20(28)25-17-9-11-26(12-10-17)21(29)14-27-22(30)18-3-1-2-4-19(18)23(27)31/h1-8,17H,9-14H2,(H,25,28). The number of fused-ring (bicyclic) bond motifs is 1. The smallest absolute Gasteiger partial charge is 0.262 e. The number of nitrogens with zero attached hydrogens (tertiary/aromatic N) is 2. The highest BCUT2D eigenvalue weighted by Gasteiger charge is 2.37. The summed E-state index contributed by atoms with van der Waals surface area (Å²) < 4.78 is 13.0. The van der Waals surface area contributed by atoms with Gasteiger partial charge in [-0.05, 0) is 42.7 Å². The van der Waals surface area contributed by atoms with Crippen LogP contribution in [0.25, 0.3) is 0 Å². The Kier molecular flexibility index (Phi) is 5.79. The van der Waals surface area contributed by atoms with Crippen molar-refractivity contribution in [3.63, 3.8) is 0 Å². The molecule has 0 atom stereocenters. The second-order valence-electron chi connectivity index (χ2n) is 7.77. The van der Waals surface area contributed by atoms with E-state index in [0.717, 1.165) is 10.5 Å². The van der Waals surface area contributed by atoms with Gasteiger partial charge in [-0.2, -0.15) is 0 Å². The average molecular weight is 423 g/mol. The van der Waals surface area contributed by atoms with E-state index >= 15 is 0 Å². The van der Waals surface area contributed by atoms with Crippen LogP contribution in [0.15, 0.2) is 48.5 Å². The van der Waals surface area contributed by atoms with Crippen LogP contribution in [0.1, 0.15) is 39.1 Å². The zero-order valence-corrected chi connectivity index (χ0v) is 16.8. The lowest BCUT2D eigenvalue weighted by atomic mass is 10.0. The molecule has 160 valence electrons. The van der Waals surface area contributed by atoms with Crippen molar-refractivity contribution in [3.8, 4) is 0 Å². The third kappa shape index (κ3) is 4.47. The highest BCUT2D eigenvalue weighted by molar-refractivity contribution is 6.22. The maximum absolute atomic E-state index is 13.0. The summed E-state index contributed by atoms with van der Waals surface area (Å²) in [4.78, 5) is 52.4. The number of imide groups is 1. The molecule has 2 aromatic carbocycles. The second kappa shape index (κ2) is 8.67. The highest BCUT2D eigenvalue weighted by atomic mass is 19.1. The molecule has 0 aliphatic carbocycles. The van der Waals surface area contributed by atoms with Gasteiger partial charge in [0.2, 0.25) is 11.8 Å². The molecule has 1 N–H and O–H groups in total. The number of amides is 4. The van der Waals surface area contributed by atoms with E-state index in [1.54, 1.807) is 41.3 Å². The number of likely N-dealkylation sites (tertiary alicyclic amines) is 1. The Morgan fingerprint density at radius 1 is 0.935 bits per heavy atom. The normalized spacial score (nSPS) is 16.4. The molecule has 0 bridgehead atoms. The molecule has 1 fully saturated rings. The van der Waals surface area contributed by atoms with Crippen molar-refractivity contribution in [3.05, 3.63) is 71.0 Å². The number of rotatable bonds is 5. The molecule has 0 saturated carbocycles. The first-order valence-electron chi connectivity index (χ1n) is 10.2. The van der Waals surface area contributed by atoms with Crippen LogP contribution >= 0.6 is 0 Å². The number of benzene rings is 2. The minimum atomic E-state index is -0.447. The predicted molar refractivity (Wildman–Crippen MR) is 110 cm³/mol. The lowest BCUT2D eigenvalue weighted by molar-refractivity contribution is -0.132. The third-order valence-electron chi connectivity index (χ3n) is 5.66. The minimum Gasteiger partial charge on any atom is -0.353 e. The van der Waals surface area contributed by atoms with Crippen LogP contribution < -0.4 is 5.32 Å². The van der Waals surface area contributed by atoms with Crippen LogP contribution in [0.4, 0.5) is 4.39 Å². The summed E-state index contributed by atoms with van der Waals surface area (Å²) in [6.45, 7) is 0.584. The lowest BCUT2D eigenvalue weighted by Gasteiger charge is -2.33. The summed E-state index contributed by atoms with van der Waals surface area (Å²) in [6, 6.07) is 12.3. The van der Waals surface area contributed by atoms with Crippen molar-refractivity contribution < 1.29 is 23.6 Å². The maximum Gasteiger partial charge on any atom is 0.262 e. The summed E-state index contributed by atoms with van der Waals surface area (Å²) in [5.74, 6) is -1.68. The Morgan fingerprint density at radius 2 is 1.52 bits per heavy atom. The van der Waals surface area contributed by atoms with Crippen molar-refractivity contribution in [2.75, 3.05) is 19.6 Å².